The second-order valence-electron chi connectivity index (χ2n) is 6.83. The number of amides is 1. The summed E-state index contributed by atoms with van der Waals surface area (Å²) in [6, 6.07) is 4.84. The molecule has 1 saturated carbocycles. The molecular weight excluding hydrogens is 267 g/mol. The molecule has 3 nitrogen and oxygen atoms in total. The van der Waals surface area contributed by atoms with Crippen LogP contribution in [0.3, 0.4) is 0 Å². The average molecular weight is 288 g/mol. The van der Waals surface area contributed by atoms with E-state index in [9.17, 15) is 9.18 Å². The Morgan fingerprint density at radius 1 is 1.38 bits per heavy atom. The summed E-state index contributed by atoms with van der Waals surface area (Å²) in [6.07, 6.45) is 5.09. The Morgan fingerprint density at radius 2 is 2.19 bits per heavy atom. The van der Waals surface area contributed by atoms with E-state index in [4.69, 9.17) is 0 Å². The normalized spacial score (nSPS) is 26.0. The molecule has 2 fully saturated rings. The van der Waals surface area contributed by atoms with Gasteiger partial charge in [0, 0.05) is 6.54 Å². The van der Waals surface area contributed by atoms with Crippen molar-refractivity contribution in [2.24, 2.45) is 0 Å². The van der Waals surface area contributed by atoms with Crippen LogP contribution in [0, 0.1) is 5.82 Å². The molecule has 112 valence electrons. The number of hydrogen-bond donors (Lipinski definition) is 1. The molecule has 1 amide bonds. The highest BCUT2D eigenvalue weighted by atomic mass is 19.1. The number of halogens is 1. The highest BCUT2D eigenvalue weighted by Gasteiger charge is 2.47. The Morgan fingerprint density at radius 3 is 2.86 bits per heavy atom. The molecule has 4 rings (SSSR count). The van der Waals surface area contributed by atoms with Gasteiger partial charge in [-0.05, 0) is 68.5 Å². The van der Waals surface area contributed by atoms with Crippen LogP contribution in [0.2, 0.25) is 0 Å². The maximum absolute atomic E-state index is 13.3. The summed E-state index contributed by atoms with van der Waals surface area (Å²) in [7, 11) is 0. The number of likely N-dealkylation sites (tertiary alicyclic amines) is 1. The lowest BCUT2D eigenvalue weighted by Gasteiger charge is -2.35. The van der Waals surface area contributed by atoms with Crippen LogP contribution in [0.25, 0.3) is 0 Å². The molecule has 0 aromatic heterocycles. The second kappa shape index (κ2) is 4.80. The maximum atomic E-state index is 13.3. The Hall–Kier alpha value is -1.42. The van der Waals surface area contributed by atoms with Gasteiger partial charge < -0.3 is 10.2 Å². The van der Waals surface area contributed by atoms with Crippen molar-refractivity contribution in [1.29, 1.82) is 0 Å². The zero-order valence-electron chi connectivity index (χ0n) is 12.2. The molecule has 1 saturated heterocycles. The molecule has 0 spiro atoms. The van der Waals surface area contributed by atoms with Crippen molar-refractivity contribution in [2.75, 3.05) is 19.6 Å². The summed E-state index contributed by atoms with van der Waals surface area (Å²) >= 11 is 0. The summed E-state index contributed by atoms with van der Waals surface area (Å²) in [4.78, 5) is 15.0. The summed E-state index contributed by atoms with van der Waals surface area (Å²) < 4.78 is 13.3. The predicted molar refractivity (Wildman–Crippen MR) is 78.6 cm³/mol. The third-order valence-electron chi connectivity index (χ3n) is 5.22. The highest BCUT2D eigenvalue weighted by molar-refractivity contribution is 5.86. The maximum Gasteiger partial charge on any atom is 0.228 e. The summed E-state index contributed by atoms with van der Waals surface area (Å²) in [5.41, 5.74) is 2.05. The van der Waals surface area contributed by atoms with E-state index < -0.39 is 0 Å². The number of nitrogens with zero attached hydrogens (tertiary/aromatic N) is 1. The molecule has 0 radical (unpaired) electrons. The van der Waals surface area contributed by atoms with Crippen LogP contribution < -0.4 is 5.32 Å². The van der Waals surface area contributed by atoms with Crippen LogP contribution in [0.5, 0.6) is 0 Å². The standard InChI is InChI=1S/C17H21FN2O/c18-13-3-5-14-12(10-13)2-4-15(14)16(21)19-17(6-7-17)11-20-8-1-9-20/h3,5,10,15H,1-2,4,6-9,11H2,(H,19,21). The monoisotopic (exact) mass is 288 g/mol. The number of carbonyl (C=O) groups excluding carboxylic acids is 1. The lowest BCUT2D eigenvalue weighted by molar-refractivity contribution is -0.123. The quantitative estimate of drug-likeness (QED) is 0.921. The van der Waals surface area contributed by atoms with Crippen molar-refractivity contribution >= 4 is 5.91 Å². The van der Waals surface area contributed by atoms with Gasteiger partial charge in [-0.1, -0.05) is 6.07 Å². The van der Waals surface area contributed by atoms with Crippen LogP contribution in [0.4, 0.5) is 4.39 Å². The largest absolute Gasteiger partial charge is 0.349 e. The minimum Gasteiger partial charge on any atom is -0.349 e. The second-order valence-corrected chi connectivity index (χ2v) is 6.83. The zero-order chi connectivity index (χ0) is 14.4. The van der Waals surface area contributed by atoms with Crippen molar-refractivity contribution in [2.45, 2.75) is 43.6 Å². The summed E-state index contributed by atoms with van der Waals surface area (Å²) in [5.74, 6) is -0.154. The van der Waals surface area contributed by atoms with Crippen molar-refractivity contribution in [3.05, 3.63) is 35.1 Å². The van der Waals surface area contributed by atoms with E-state index in [0.29, 0.717) is 0 Å². The van der Waals surface area contributed by atoms with Gasteiger partial charge in [-0.2, -0.15) is 0 Å². The Balaban J connectivity index is 1.44. The van der Waals surface area contributed by atoms with Gasteiger partial charge in [0.25, 0.3) is 0 Å². The predicted octanol–water partition coefficient (Wildman–Crippen LogP) is 2.21. The third-order valence-corrected chi connectivity index (χ3v) is 5.22. The van der Waals surface area contributed by atoms with Gasteiger partial charge in [0.05, 0.1) is 11.5 Å². The molecule has 1 unspecified atom stereocenters. The van der Waals surface area contributed by atoms with Gasteiger partial charge in [0.2, 0.25) is 5.91 Å². The Bertz CT molecular complexity index is 578. The van der Waals surface area contributed by atoms with Crippen LogP contribution >= 0.6 is 0 Å². The topological polar surface area (TPSA) is 32.3 Å². The molecule has 1 aromatic carbocycles. The highest BCUT2D eigenvalue weighted by Crippen LogP contribution is 2.40. The molecule has 4 heteroatoms. The number of carbonyl (C=O) groups is 1. The van der Waals surface area contributed by atoms with Crippen molar-refractivity contribution in [3.8, 4) is 0 Å². The van der Waals surface area contributed by atoms with Gasteiger partial charge in [0.15, 0.2) is 0 Å². The molecule has 1 heterocycles. The molecule has 1 aromatic rings. The van der Waals surface area contributed by atoms with E-state index in [1.807, 2.05) is 0 Å². The number of fused-ring (bicyclic) bond motifs is 1. The van der Waals surface area contributed by atoms with Crippen LogP contribution in [-0.2, 0) is 11.2 Å². The molecule has 1 atom stereocenters. The van der Waals surface area contributed by atoms with E-state index in [1.165, 1.54) is 25.6 Å². The number of benzene rings is 1. The molecule has 0 bridgehead atoms. The summed E-state index contributed by atoms with van der Waals surface area (Å²) in [5, 5.41) is 3.29. The molecule has 21 heavy (non-hydrogen) atoms. The van der Waals surface area contributed by atoms with E-state index in [0.717, 1.165) is 43.4 Å². The molecule has 1 N–H and O–H groups in total. The van der Waals surface area contributed by atoms with Crippen LogP contribution in [0.1, 0.15) is 42.7 Å². The van der Waals surface area contributed by atoms with E-state index in [1.54, 1.807) is 12.1 Å². The Labute approximate surface area is 124 Å². The van der Waals surface area contributed by atoms with Gasteiger partial charge in [0.1, 0.15) is 5.82 Å². The lowest BCUT2D eigenvalue weighted by atomic mass is 9.99. The first kappa shape index (κ1) is 13.3. The zero-order valence-corrected chi connectivity index (χ0v) is 12.2. The fourth-order valence-corrected chi connectivity index (χ4v) is 3.65. The van der Waals surface area contributed by atoms with Crippen LogP contribution in [0.15, 0.2) is 18.2 Å². The minimum atomic E-state index is -0.203. The lowest BCUT2D eigenvalue weighted by Crippen LogP contribution is -2.50. The minimum absolute atomic E-state index is 0.0281. The van der Waals surface area contributed by atoms with Gasteiger partial charge >= 0.3 is 0 Å². The fourth-order valence-electron chi connectivity index (χ4n) is 3.65. The third kappa shape index (κ3) is 2.46. The van der Waals surface area contributed by atoms with Crippen molar-refractivity contribution in [1.82, 2.24) is 10.2 Å². The average Bonchev–Trinajstić information content (AvgIpc) is 3.03. The van der Waals surface area contributed by atoms with Gasteiger partial charge in [-0.3, -0.25) is 4.79 Å². The number of hydrogen-bond acceptors (Lipinski definition) is 2. The first-order valence-corrected chi connectivity index (χ1v) is 7.98. The number of aryl methyl sites for hydroxylation is 1. The first-order chi connectivity index (χ1) is 10.2. The van der Waals surface area contributed by atoms with Crippen LogP contribution in [-0.4, -0.2) is 36.0 Å². The van der Waals surface area contributed by atoms with Gasteiger partial charge in [-0.15, -0.1) is 0 Å². The van der Waals surface area contributed by atoms with E-state index >= 15 is 0 Å². The molecule has 2 aliphatic carbocycles. The molecule has 3 aliphatic rings. The molecule has 1 aliphatic heterocycles. The number of rotatable bonds is 4. The summed E-state index contributed by atoms with van der Waals surface area (Å²) in [6.45, 7) is 3.34. The SMILES string of the molecule is O=C(NC1(CN2CCC2)CC1)C1CCc2cc(F)ccc21. The molecular formula is C17H21FN2O. The van der Waals surface area contributed by atoms with E-state index in [-0.39, 0.29) is 23.2 Å². The smallest absolute Gasteiger partial charge is 0.228 e. The van der Waals surface area contributed by atoms with E-state index in [2.05, 4.69) is 10.2 Å². The van der Waals surface area contributed by atoms with Crippen molar-refractivity contribution in [3.63, 3.8) is 0 Å². The van der Waals surface area contributed by atoms with Crippen molar-refractivity contribution < 1.29 is 9.18 Å². The number of nitrogens with one attached hydrogen (secondary N) is 1. The Kier molecular flexibility index (Phi) is 3.03. The van der Waals surface area contributed by atoms with Gasteiger partial charge in [-0.25, -0.2) is 4.39 Å². The fraction of sp³-hybridized carbons (Fsp3) is 0.588. The first-order valence-electron chi connectivity index (χ1n) is 7.98.